The van der Waals surface area contributed by atoms with Gasteiger partial charge in [0, 0.05) is 18.2 Å². The number of nitrogens with zero attached hydrogens (tertiary/aromatic N) is 1. The molecule has 7 rings (SSSR count). The number of carbonyl (C=O) groups excluding carboxylic acids is 1. The number of fused-ring (bicyclic) bond motifs is 4. The van der Waals surface area contributed by atoms with E-state index in [0.29, 0.717) is 5.92 Å². The van der Waals surface area contributed by atoms with E-state index in [0.717, 1.165) is 67.9 Å². The molecular weight excluding hydrogens is 428 g/mol. The van der Waals surface area contributed by atoms with Gasteiger partial charge in [-0.05, 0) is 91.8 Å². The first-order valence-electron chi connectivity index (χ1n) is 12.6. The number of hydrogen-bond acceptors (Lipinski definition) is 5. The molecule has 3 aliphatic heterocycles. The molecule has 1 unspecified atom stereocenters. The number of carbonyl (C=O) groups is 1. The molecule has 6 heteroatoms. The fourth-order valence-electron chi connectivity index (χ4n) is 6.43. The number of hydrogen-bond donors (Lipinski definition) is 1. The van der Waals surface area contributed by atoms with Crippen LogP contribution in [0.25, 0.3) is 11.1 Å². The predicted octanol–water partition coefficient (Wildman–Crippen LogP) is 4.96. The van der Waals surface area contributed by atoms with E-state index in [2.05, 4.69) is 28.4 Å². The van der Waals surface area contributed by atoms with Gasteiger partial charge in [0.1, 0.15) is 17.6 Å². The third-order valence-corrected chi connectivity index (χ3v) is 8.69. The maximum absolute atomic E-state index is 13.0. The molecule has 1 amide bonds. The van der Waals surface area contributed by atoms with Gasteiger partial charge >= 0.3 is 6.09 Å². The monoisotopic (exact) mass is 462 g/mol. The molecule has 180 valence electrons. The molecule has 2 aromatic rings. The summed E-state index contributed by atoms with van der Waals surface area (Å²) in [4.78, 5) is 15.5. The van der Waals surface area contributed by atoms with Crippen molar-refractivity contribution >= 4 is 6.09 Å². The fraction of sp³-hybridized carbons (Fsp3) is 0.536. The van der Waals surface area contributed by atoms with Crippen LogP contribution in [-0.2, 0) is 11.2 Å². The van der Waals surface area contributed by atoms with Crippen molar-refractivity contribution in [2.45, 2.75) is 50.7 Å². The quantitative estimate of drug-likeness (QED) is 0.681. The Kier molecular flexibility index (Phi) is 5.44. The van der Waals surface area contributed by atoms with Gasteiger partial charge in [0.2, 0.25) is 0 Å². The first-order valence-corrected chi connectivity index (χ1v) is 12.6. The van der Waals surface area contributed by atoms with Crippen molar-refractivity contribution in [3.63, 3.8) is 0 Å². The first kappa shape index (κ1) is 21.8. The molecule has 6 nitrogen and oxygen atoms in total. The van der Waals surface area contributed by atoms with E-state index in [9.17, 15) is 4.79 Å². The predicted molar refractivity (Wildman–Crippen MR) is 130 cm³/mol. The second kappa shape index (κ2) is 8.49. The minimum absolute atomic E-state index is 0.0247. The lowest BCUT2D eigenvalue weighted by Crippen LogP contribution is -2.53. The van der Waals surface area contributed by atoms with Crippen LogP contribution in [0.15, 0.2) is 36.4 Å². The van der Waals surface area contributed by atoms with Crippen LogP contribution in [0.5, 0.6) is 11.5 Å². The minimum Gasteiger partial charge on any atom is -0.497 e. The van der Waals surface area contributed by atoms with Crippen LogP contribution in [0, 0.1) is 11.3 Å². The summed E-state index contributed by atoms with van der Waals surface area (Å²) in [5.74, 6) is 2.09. The van der Waals surface area contributed by atoms with Crippen molar-refractivity contribution in [1.82, 2.24) is 10.2 Å². The molecule has 1 saturated carbocycles. The molecule has 34 heavy (non-hydrogen) atoms. The Hall–Kier alpha value is -2.73. The number of nitrogens with one attached hydrogen (secondary N) is 1. The van der Waals surface area contributed by atoms with Crippen LogP contribution in [-0.4, -0.2) is 51.0 Å². The first-order chi connectivity index (χ1) is 16.6. The topological polar surface area (TPSA) is 60.0 Å². The molecular formula is C28H34N2O4. The van der Waals surface area contributed by atoms with Gasteiger partial charge in [-0.1, -0.05) is 18.2 Å². The summed E-state index contributed by atoms with van der Waals surface area (Å²) < 4.78 is 17.0. The van der Waals surface area contributed by atoms with Crippen LogP contribution in [0.1, 0.15) is 49.3 Å². The zero-order valence-electron chi connectivity index (χ0n) is 20.1. The lowest BCUT2D eigenvalue weighted by Gasteiger charge is -2.44. The Morgan fingerprint density at radius 2 is 1.85 bits per heavy atom. The third kappa shape index (κ3) is 3.82. The number of alkyl carbamates (subject to hydrolysis) is 1. The number of piperidine rings is 3. The maximum Gasteiger partial charge on any atom is 0.407 e. The Bertz CT molecular complexity index is 1090. The van der Waals surface area contributed by atoms with Crippen molar-refractivity contribution in [1.29, 1.82) is 0 Å². The molecule has 2 bridgehead atoms. The van der Waals surface area contributed by atoms with E-state index in [1.165, 1.54) is 24.0 Å². The van der Waals surface area contributed by atoms with Crippen molar-refractivity contribution in [2.24, 2.45) is 11.3 Å². The minimum atomic E-state index is -0.247. The van der Waals surface area contributed by atoms with Gasteiger partial charge in [0.15, 0.2) is 0 Å². The van der Waals surface area contributed by atoms with Crippen LogP contribution >= 0.6 is 0 Å². The summed E-state index contributed by atoms with van der Waals surface area (Å²) in [6, 6.07) is 12.6. The standard InChI is InChI=1S/C28H34N2O4/c1-32-21-4-6-22(24(16-21)33-2)19-3-5-23-20(15-19)7-10-28(11-12-28)26(23)29-27(31)34-25-17-30-13-8-18(25)9-14-30/h3-6,15-16,18,25-26H,7-14,17H2,1-2H3,(H,29,31)/t25-,26?/m1/s1. The summed E-state index contributed by atoms with van der Waals surface area (Å²) in [7, 11) is 3.35. The molecule has 2 aliphatic carbocycles. The number of aryl methyl sites for hydroxylation is 1. The molecule has 3 saturated heterocycles. The fourth-order valence-corrected chi connectivity index (χ4v) is 6.43. The molecule has 5 aliphatic rings. The van der Waals surface area contributed by atoms with Gasteiger partial charge in [-0.2, -0.15) is 0 Å². The molecule has 4 fully saturated rings. The van der Waals surface area contributed by atoms with E-state index in [-0.39, 0.29) is 23.7 Å². The zero-order valence-corrected chi connectivity index (χ0v) is 20.1. The van der Waals surface area contributed by atoms with Crippen LogP contribution < -0.4 is 14.8 Å². The lowest BCUT2D eigenvalue weighted by atomic mass is 9.76. The largest absolute Gasteiger partial charge is 0.497 e. The van der Waals surface area contributed by atoms with Crippen LogP contribution in [0.2, 0.25) is 0 Å². The highest BCUT2D eigenvalue weighted by atomic mass is 16.6. The van der Waals surface area contributed by atoms with Crippen LogP contribution in [0.4, 0.5) is 4.79 Å². The van der Waals surface area contributed by atoms with Gasteiger partial charge in [-0.15, -0.1) is 0 Å². The molecule has 0 radical (unpaired) electrons. The molecule has 0 aromatic heterocycles. The summed E-state index contributed by atoms with van der Waals surface area (Å²) in [6.07, 6.45) is 6.56. The Morgan fingerprint density at radius 1 is 1.03 bits per heavy atom. The second-order valence-corrected chi connectivity index (χ2v) is 10.5. The summed E-state index contributed by atoms with van der Waals surface area (Å²) >= 11 is 0. The Labute approximate surface area is 201 Å². The van der Waals surface area contributed by atoms with Gasteiger partial charge in [0.25, 0.3) is 0 Å². The highest BCUT2D eigenvalue weighted by Gasteiger charge is 2.53. The average molecular weight is 463 g/mol. The van der Waals surface area contributed by atoms with E-state index < -0.39 is 0 Å². The number of ether oxygens (including phenoxy) is 3. The Morgan fingerprint density at radius 3 is 2.53 bits per heavy atom. The van der Waals surface area contributed by atoms with Crippen molar-refractivity contribution < 1.29 is 19.0 Å². The molecule has 2 atom stereocenters. The number of methoxy groups -OCH3 is 2. The Balaban J connectivity index is 1.24. The van der Waals surface area contributed by atoms with E-state index >= 15 is 0 Å². The summed E-state index contributed by atoms with van der Waals surface area (Å²) in [5, 5.41) is 3.31. The number of rotatable bonds is 5. The summed E-state index contributed by atoms with van der Waals surface area (Å²) in [6.45, 7) is 3.18. The second-order valence-electron chi connectivity index (χ2n) is 10.5. The molecule has 2 aromatic carbocycles. The smallest absolute Gasteiger partial charge is 0.407 e. The number of amides is 1. The SMILES string of the molecule is COc1ccc(-c2ccc3c(c2)CCC2(CC2)C3NC(=O)O[C@@H]2CN3CCC2CC3)c(OC)c1. The van der Waals surface area contributed by atoms with Gasteiger partial charge in [0.05, 0.1) is 20.3 Å². The molecule has 1 N–H and O–H groups in total. The maximum atomic E-state index is 13.0. The van der Waals surface area contributed by atoms with E-state index in [1.54, 1.807) is 14.2 Å². The average Bonchev–Trinajstić information content (AvgIpc) is 3.66. The van der Waals surface area contributed by atoms with E-state index in [1.807, 2.05) is 18.2 Å². The highest BCUT2D eigenvalue weighted by Crippen LogP contribution is 2.61. The third-order valence-electron chi connectivity index (χ3n) is 8.69. The molecule has 1 spiro atoms. The van der Waals surface area contributed by atoms with Gasteiger partial charge in [-0.3, -0.25) is 4.90 Å². The lowest BCUT2D eigenvalue weighted by molar-refractivity contribution is -0.0347. The van der Waals surface area contributed by atoms with Crippen LogP contribution in [0.3, 0.4) is 0 Å². The number of benzene rings is 2. The highest BCUT2D eigenvalue weighted by molar-refractivity contribution is 5.73. The van der Waals surface area contributed by atoms with Crippen molar-refractivity contribution in [2.75, 3.05) is 33.9 Å². The zero-order chi connectivity index (χ0) is 23.3. The molecule has 3 heterocycles. The van der Waals surface area contributed by atoms with Gasteiger partial charge < -0.3 is 19.5 Å². The van der Waals surface area contributed by atoms with E-state index in [4.69, 9.17) is 14.2 Å². The normalized spacial score (nSPS) is 28.2. The van der Waals surface area contributed by atoms with Crippen molar-refractivity contribution in [3.05, 3.63) is 47.5 Å². The van der Waals surface area contributed by atoms with Crippen molar-refractivity contribution in [3.8, 4) is 22.6 Å². The summed E-state index contributed by atoms with van der Waals surface area (Å²) in [5.41, 5.74) is 4.91. The van der Waals surface area contributed by atoms with Gasteiger partial charge in [-0.25, -0.2) is 4.79 Å².